The summed E-state index contributed by atoms with van der Waals surface area (Å²) >= 11 is 0. The van der Waals surface area contributed by atoms with Gasteiger partial charge in [-0.15, -0.1) is 0 Å². The molecule has 6 heteroatoms. The standard InChI is InChI=1S/C35H38O6/c1-5-13-28(14-6-1)21-36-25-32-34(38-23-30-17-9-3-10-18-30)35(39-24-31-19-11-4-12-20-31)33(41-27-40-32)26-37-22-29-15-7-2-8-16-29/h1-20,32-35H,21-27H2. The molecule has 1 saturated heterocycles. The molecule has 1 aliphatic rings. The van der Waals surface area contributed by atoms with E-state index in [1.807, 2.05) is 97.1 Å². The topological polar surface area (TPSA) is 55.4 Å². The zero-order chi connectivity index (χ0) is 28.0. The lowest BCUT2D eigenvalue weighted by atomic mass is 10.0. The Morgan fingerprint density at radius 3 is 1.10 bits per heavy atom. The lowest BCUT2D eigenvalue weighted by Gasteiger charge is -2.33. The second-order valence-corrected chi connectivity index (χ2v) is 10.1. The van der Waals surface area contributed by atoms with Crippen LogP contribution >= 0.6 is 0 Å². The lowest BCUT2D eigenvalue weighted by molar-refractivity contribution is -0.159. The Hall–Kier alpha value is -3.36. The second-order valence-electron chi connectivity index (χ2n) is 10.1. The number of rotatable bonds is 14. The first kappa shape index (κ1) is 29.1. The maximum Gasteiger partial charge on any atom is 0.147 e. The van der Waals surface area contributed by atoms with E-state index >= 15 is 0 Å². The van der Waals surface area contributed by atoms with Gasteiger partial charge in [0, 0.05) is 0 Å². The summed E-state index contributed by atoms with van der Waals surface area (Å²) in [4.78, 5) is 0. The van der Waals surface area contributed by atoms with Gasteiger partial charge in [-0.25, -0.2) is 0 Å². The average molecular weight is 555 g/mol. The highest BCUT2D eigenvalue weighted by Gasteiger charge is 2.41. The van der Waals surface area contributed by atoms with Crippen LogP contribution in [0.15, 0.2) is 121 Å². The molecule has 4 aromatic carbocycles. The van der Waals surface area contributed by atoms with Crippen LogP contribution in [0.2, 0.25) is 0 Å². The van der Waals surface area contributed by atoms with Crippen LogP contribution in [0.1, 0.15) is 22.3 Å². The molecule has 4 aromatic rings. The van der Waals surface area contributed by atoms with E-state index in [-0.39, 0.29) is 6.79 Å². The van der Waals surface area contributed by atoms with Gasteiger partial charge in [0.1, 0.15) is 31.2 Å². The average Bonchev–Trinajstić information content (AvgIpc) is 3.19. The molecule has 214 valence electrons. The molecular weight excluding hydrogens is 516 g/mol. The summed E-state index contributed by atoms with van der Waals surface area (Å²) in [5.74, 6) is 0. The highest BCUT2D eigenvalue weighted by atomic mass is 16.7. The number of benzene rings is 4. The maximum absolute atomic E-state index is 6.59. The summed E-state index contributed by atoms with van der Waals surface area (Å²) in [6.45, 7) is 2.54. The predicted molar refractivity (Wildman–Crippen MR) is 157 cm³/mol. The minimum absolute atomic E-state index is 0.0924. The first-order chi connectivity index (χ1) is 20.3. The van der Waals surface area contributed by atoms with Gasteiger partial charge in [0.25, 0.3) is 0 Å². The van der Waals surface area contributed by atoms with Crippen molar-refractivity contribution in [1.82, 2.24) is 0 Å². The molecule has 4 atom stereocenters. The van der Waals surface area contributed by atoms with Crippen LogP contribution in [0, 0.1) is 0 Å². The molecule has 4 unspecified atom stereocenters. The summed E-state index contributed by atoms with van der Waals surface area (Å²) in [6.07, 6.45) is -1.71. The molecule has 0 spiro atoms. The molecule has 0 amide bonds. The molecule has 1 aliphatic heterocycles. The minimum Gasteiger partial charge on any atom is -0.374 e. The van der Waals surface area contributed by atoms with Gasteiger partial charge in [0.05, 0.1) is 39.6 Å². The van der Waals surface area contributed by atoms with Crippen molar-refractivity contribution >= 4 is 0 Å². The highest BCUT2D eigenvalue weighted by Crippen LogP contribution is 2.25. The first-order valence-corrected chi connectivity index (χ1v) is 14.1. The van der Waals surface area contributed by atoms with Crippen LogP contribution in [0.5, 0.6) is 0 Å². The lowest BCUT2D eigenvalue weighted by Crippen LogP contribution is -2.49. The normalized spacial score (nSPS) is 20.9. The van der Waals surface area contributed by atoms with Gasteiger partial charge >= 0.3 is 0 Å². The Bertz CT molecular complexity index is 1140. The third kappa shape index (κ3) is 9.33. The quantitative estimate of drug-likeness (QED) is 0.182. The van der Waals surface area contributed by atoms with Gasteiger partial charge in [0.2, 0.25) is 0 Å². The van der Waals surface area contributed by atoms with E-state index in [2.05, 4.69) is 24.3 Å². The van der Waals surface area contributed by atoms with Crippen molar-refractivity contribution in [3.05, 3.63) is 144 Å². The fourth-order valence-corrected chi connectivity index (χ4v) is 4.78. The van der Waals surface area contributed by atoms with Gasteiger partial charge in [-0.05, 0) is 22.3 Å². The monoisotopic (exact) mass is 554 g/mol. The van der Waals surface area contributed by atoms with E-state index in [0.717, 1.165) is 22.3 Å². The van der Waals surface area contributed by atoms with Crippen molar-refractivity contribution in [2.45, 2.75) is 50.8 Å². The van der Waals surface area contributed by atoms with Crippen molar-refractivity contribution in [1.29, 1.82) is 0 Å². The van der Waals surface area contributed by atoms with Crippen LogP contribution in [0.25, 0.3) is 0 Å². The largest absolute Gasteiger partial charge is 0.374 e. The highest BCUT2D eigenvalue weighted by molar-refractivity contribution is 5.16. The summed E-state index contributed by atoms with van der Waals surface area (Å²) in [7, 11) is 0. The fraction of sp³-hybridized carbons (Fsp3) is 0.314. The number of ether oxygens (including phenoxy) is 6. The molecule has 6 nitrogen and oxygen atoms in total. The van der Waals surface area contributed by atoms with Crippen molar-refractivity contribution in [3.63, 3.8) is 0 Å². The Morgan fingerprint density at radius 2 is 0.756 bits per heavy atom. The molecule has 5 rings (SSSR count). The molecule has 0 bridgehead atoms. The predicted octanol–water partition coefficient (Wildman–Crippen LogP) is 6.33. The van der Waals surface area contributed by atoms with E-state index in [1.54, 1.807) is 0 Å². The van der Waals surface area contributed by atoms with E-state index in [4.69, 9.17) is 28.4 Å². The van der Waals surface area contributed by atoms with Crippen LogP contribution in [-0.2, 0) is 54.8 Å². The molecule has 0 saturated carbocycles. The van der Waals surface area contributed by atoms with Gasteiger partial charge in [0.15, 0.2) is 0 Å². The zero-order valence-electron chi connectivity index (χ0n) is 23.3. The van der Waals surface area contributed by atoms with E-state index < -0.39 is 24.4 Å². The fourth-order valence-electron chi connectivity index (χ4n) is 4.78. The van der Waals surface area contributed by atoms with Gasteiger partial charge < -0.3 is 28.4 Å². The third-order valence-electron chi connectivity index (χ3n) is 6.98. The van der Waals surface area contributed by atoms with Crippen LogP contribution in [-0.4, -0.2) is 44.4 Å². The molecule has 0 radical (unpaired) electrons. The molecular formula is C35H38O6. The Balaban J connectivity index is 1.33. The van der Waals surface area contributed by atoms with Crippen LogP contribution in [0.4, 0.5) is 0 Å². The van der Waals surface area contributed by atoms with Crippen LogP contribution in [0.3, 0.4) is 0 Å². The zero-order valence-corrected chi connectivity index (χ0v) is 23.3. The van der Waals surface area contributed by atoms with E-state index in [0.29, 0.717) is 39.6 Å². The molecule has 1 heterocycles. The molecule has 0 N–H and O–H groups in total. The first-order valence-electron chi connectivity index (χ1n) is 14.1. The van der Waals surface area contributed by atoms with Crippen molar-refractivity contribution in [2.75, 3.05) is 20.0 Å². The van der Waals surface area contributed by atoms with Crippen molar-refractivity contribution in [3.8, 4) is 0 Å². The smallest absolute Gasteiger partial charge is 0.147 e. The van der Waals surface area contributed by atoms with Crippen molar-refractivity contribution in [2.24, 2.45) is 0 Å². The van der Waals surface area contributed by atoms with Crippen LogP contribution < -0.4 is 0 Å². The van der Waals surface area contributed by atoms with Gasteiger partial charge in [-0.3, -0.25) is 0 Å². The molecule has 1 fully saturated rings. The Labute approximate surface area is 242 Å². The van der Waals surface area contributed by atoms with Gasteiger partial charge in [-0.2, -0.15) is 0 Å². The van der Waals surface area contributed by atoms with Crippen molar-refractivity contribution < 1.29 is 28.4 Å². The third-order valence-corrected chi connectivity index (χ3v) is 6.98. The van der Waals surface area contributed by atoms with E-state index in [1.165, 1.54) is 0 Å². The summed E-state index contributed by atoms with van der Waals surface area (Å²) in [5, 5.41) is 0. The maximum atomic E-state index is 6.59. The second kappa shape index (κ2) is 16.2. The van der Waals surface area contributed by atoms with Gasteiger partial charge in [-0.1, -0.05) is 121 Å². The molecule has 0 aromatic heterocycles. The minimum atomic E-state index is -0.456. The number of hydrogen-bond acceptors (Lipinski definition) is 6. The summed E-state index contributed by atoms with van der Waals surface area (Å²) in [5.41, 5.74) is 4.34. The number of hydrogen-bond donors (Lipinski definition) is 0. The summed E-state index contributed by atoms with van der Waals surface area (Å²) in [6, 6.07) is 40.5. The molecule has 41 heavy (non-hydrogen) atoms. The molecule has 0 aliphatic carbocycles. The Kier molecular flexibility index (Phi) is 11.5. The SMILES string of the molecule is c1ccc(COCC2OCOC(COCc3ccccc3)C(OCc3ccccc3)C2OCc2ccccc2)cc1. The summed E-state index contributed by atoms with van der Waals surface area (Å²) < 4.78 is 37.9. The Morgan fingerprint density at radius 1 is 0.439 bits per heavy atom. The van der Waals surface area contributed by atoms with E-state index in [9.17, 15) is 0 Å².